The quantitative estimate of drug-likeness (QED) is 0.488. The van der Waals surface area contributed by atoms with Crippen LogP contribution in [0.3, 0.4) is 0 Å². The van der Waals surface area contributed by atoms with Crippen LogP contribution in [0, 0.1) is 6.92 Å². The van der Waals surface area contributed by atoms with Gasteiger partial charge in [0.2, 0.25) is 0 Å². The maximum absolute atomic E-state index is 13.1. The zero-order chi connectivity index (χ0) is 18.1. The third-order valence-electron chi connectivity index (χ3n) is 3.27. The third-order valence-corrected chi connectivity index (χ3v) is 5.27. The number of rotatable bonds is 8. The number of hydrogen-bond acceptors (Lipinski definition) is 5. The highest BCUT2D eigenvalue weighted by Gasteiger charge is 2.29. The van der Waals surface area contributed by atoms with Crippen LogP contribution in [0.1, 0.15) is 30.7 Å². The monoisotopic (exact) mass is 358 g/mol. The summed E-state index contributed by atoms with van der Waals surface area (Å²) < 4.78 is 24.0. The van der Waals surface area contributed by atoms with Crippen LogP contribution in [-0.2, 0) is 13.6 Å². The van der Waals surface area contributed by atoms with Gasteiger partial charge < -0.3 is 9.05 Å². The van der Waals surface area contributed by atoms with Gasteiger partial charge in [-0.25, -0.2) is 4.99 Å². The second-order valence-corrected chi connectivity index (χ2v) is 7.23. The molecule has 0 atom stereocenters. The molecule has 132 valence electrons. The Morgan fingerprint density at radius 2 is 1.80 bits per heavy atom. The first-order valence-electron chi connectivity index (χ1n) is 8.20. The van der Waals surface area contributed by atoms with Gasteiger partial charge in [-0.2, -0.15) is 0 Å². The number of pyridine rings is 1. The van der Waals surface area contributed by atoms with Gasteiger partial charge in [0.1, 0.15) is 0 Å². The number of aryl methyl sites for hydroxylation is 1. The van der Waals surface area contributed by atoms with Crippen molar-refractivity contribution in [3.05, 3.63) is 70.9 Å². The van der Waals surface area contributed by atoms with Crippen molar-refractivity contribution in [3.8, 4) is 0 Å². The zero-order valence-corrected chi connectivity index (χ0v) is 15.6. The molecular weight excluding hydrogens is 335 g/mol. The van der Waals surface area contributed by atoms with Gasteiger partial charge in [0, 0.05) is 12.4 Å². The van der Waals surface area contributed by atoms with E-state index in [2.05, 4.69) is 9.98 Å². The molecule has 2 aromatic rings. The summed E-state index contributed by atoms with van der Waals surface area (Å²) >= 11 is 0. The summed E-state index contributed by atoms with van der Waals surface area (Å²) in [4.78, 5) is 8.65. The lowest BCUT2D eigenvalue weighted by Gasteiger charge is -2.17. The van der Waals surface area contributed by atoms with Gasteiger partial charge >= 0.3 is 7.60 Å². The Balaban J connectivity index is 2.42. The second kappa shape index (κ2) is 9.42. The predicted octanol–water partition coefficient (Wildman–Crippen LogP) is 5.07. The minimum Gasteiger partial charge on any atom is -0.304 e. The average molecular weight is 358 g/mol. The highest BCUT2D eigenvalue weighted by Crippen LogP contribution is 2.57. The molecule has 0 saturated carbocycles. The highest BCUT2D eigenvalue weighted by molar-refractivity contribution is 7.58. The Hall–Kier alpha value is -2.07. The van der Waals surface area contributed by atoms with Crippen LogP contribution in [0.4, 0.5) is 0 Å². The van der Waals surface area contributed by atoms with E-state index in [0.717, 1.165) is 11.1 Å². The summed E-state index contributed by atoms with van der Waals surface area (Å²) in [5, 5.41) is 0. The standard InChI is InChI=1S/C19H23N2O3P/c1-4-23-25(22,24-5-2)19(14-18-8-6-7-13-20-18)21-15-17-11-9-16(3)10-12-17/h6-15H,4-5H2,1-3H3/b19-14-,21-15+. The lowest BCUT2D eigenvalue weighted by atomic mass is 10.2. The molecule has 0 aliphatic rings. The first kappa shape index (κ1) is 19.3. The van der Waals surface area contributed by atoms with E-state index >= 15 is 0 Å². The molecule has 0 N–H and O–H groups in total. The lowest BCUT2D eigenvalue weighted by Crippen LogP contribution is -1.98. The lowest BCUT2D eigenvalue weighted by molar-refractivity contribution is 0.226. The minimum absolute atomic E-state index is 0.232. The van der Waals surface area contributed by atoms with Crippen molar-refractivity contribution in [2.45, 2.75) is 20.8 Å². The van der Waals surface area contributed by atoms with E-state index in [1.54, 1.807) is 32.3 Å². The summed E-state index contributed by atoms with van der Waals surface area (Å²) in [7, 11) is -3.52. The molecule has 0 amide bonds. The molecule has 25 heavy (non-hydrogen) atoms. The van der Waals surface area contributed by atoms with Crippen molar-refractivity contribution in [1.29, 1.82) is 0 Å². The van der Waals surface area contributed by atoms with Crippen LogP contribution < -0.4 is 0 Å². The van der Waals surface area contributed by atoms with E-state index in [9.17, 15) is 4.57 Å². The van der Waals surface area contributed by atoms with E-state index in [-0.39, 0.29) is 18.7 Å². The summed E-state index contributed by atoms with van der Waals surface area (Å²) in [5.74, 6) is 0. The van der Waals surface area contributed by atoms with Gasteiger partial charge in [-0.3, -0.25) is 9.55 Å². The number of nitrogens with zero attached hydrogens (tertiary/aromatic N) is 2. The molecule has 0 unspecified atom stereocenters. The highest BCUT2D eigenvalue weighted by atomic mass is 31.2. The van der Waals surface area contributed by atoms with Gasteiger partial charge in [0.15, 0.2) is 5.44 Å². The molecule has 0 saturated heterocycles. The number of aliphatic imine (C=N–C) groups is 1. The molecule has 1 heterocycles. The minimum atomic E-state index is -3.52. The fraction of sp³-hybridized carbons (Fsp3) is 0.263. The molecule has 5 nitrogen and oxygen atoms in total. The Morgan fingerprint density at radius 1 is 1.12 bits per heavy atom. The van der Waals surface area contributed by atoms with Crippen molar-refractivity contribution in [3.63, 3.8) is 0 Å². The predicted molar refractivity (Wildman–Crippen MR) is 102 cm³/mol. The molecule has 1 aromatic carbocycles. The van der Waals surface area contributed by atoms with Gasteiger partial charge in [-0.1, -0.05) is 35.9 Å². The fourth-order valence-corrected chi connectivity index (χ4v) is 3.59. The SMILES string of the molecule is CCOP(=O)(OCC)C(=C\c1ccccn1)/N=C/c1ccc(C)cc1. The van der Waals surface area contributed by atoms with Gasteiger partial charge in [-0.05, 0) is 44.5 Å². The smallest absolute Gasteiger partial charge is 0.304 e. The Bertz CT molecular complexity index is 761. The Kier molecular flexibility index (Phi) is 7.26. The van der Waals surface area contributed by atoms with Crippen LogP contribution in [0.25, 0.3) is 6.08 Å². The molecule has 0 aliphatic carbocycles. The van der Waals surface area contributed by atoms with E-state index < -0.39 is 7.60 Å². The van der Waals surface area contributed by atoms with Crippen LogP contribution >= 0.6 is 7.60 Å². The maximum atomic E-state index is 13.1. The molecule has 0 aliphatic heterocycles. The van der Waals surface area contributed by atoms with E-state index in [0.29, 0.717) is 5.69 Å². The van der Waals surface area contributed by atoms with Crippen LogP contribution in [0.15, 0.2) is 59.1 Å². The van der Waals surface area contributed by atoms with Crippen LogP contribution in [-0.4, -0.2) is 24.4 Å². The van der Waals surface area contributed by atoms with Gasteiger partial charge in [0.05, 0.1) is 18.9 Å². The topological polar surface area (TPSA) is 60.8 Å². The van der Waals surface area contributed by atoms with Gasteiger partial charge in [-0.15, -0.1) is 0 Å². The molecule has 2 rings (SSSR count). The second-order valence-electron chi connectivity index (χ2n) is 5.26. The van der Waals surface area contributed by atoms with E-state index in [4.69, 9.17) is 9.05 Å². The summed E-state index contributed by atoms with van der Waals surface area (Å²) in [5.41, 5.74) is 2.93. The van der Waals surface area contributed by atoms with Crippen LogP contribution in [0.5, 0.6) is 0 Å². The molecule has 6 heteroatoms. The molecule has 0 spiro atoms. The number of aromatic nitrogens is 1. The maximum Gasteiger partial charge on any atom is 0.379 e. The Labute approximate surface area is 149 Å². The summed E-state index contributed by atoms with van der Waals surface area (Å²) in [6.07, 6.45) is 4.95. The molecule has 0 fully saturated rings. The van der Waals surface area contributed by atoms with Crippen LogP contribution in [0.2, 0.25) is 0 Å². The van der Waals surface area contributed by atoms with Crippen molar-refractivity contribution in [2.24, 2.45) is 4.99 Å². The molecule has 1 aromatic heterocycles. The normalized spacial score (nSPS) is 12.7. The van der Waals surface area contributed by atoms with Crippen molar-refractivity contribution >= 4 is 19.9 Å². The first-order chi connectivity index (χ1) is 12.1. The van der Waals surface area contributed by atoms with E-state index in [1.807, 2.05) is 49.4 Å². The fourth-order valence-electron chi connectivity index (χ4n) is 2.08. The van der Waals surface area contributed by atoms with E-state index in [1.165, 1.54) is 0 Å². The number of hydrogen-bond donors (Lipinski definition) is 0. The Morgan fingerprint density at radius 3 is 2.36 bits per heavy atom. The molecule has 0 bridgehead atoms. The van der Waals surface area contributed by atoms with Crippen molar-refractivity contribution in [2.75, 3.05) is 13.2 Å². The zero-order valence-electron chi connectivity index (χ0n) is 14.8. The van der Waals surface area contributed by atoms with Gasteiger partial charge in [0.25, 0.3) is 0 Å². The van der Waals surface area contributed by atoms with Crippen molar-refractivity contribution < 1.29 is 13.6 Å². The largest absolute Gasteiger partial charge is 0.379 e. The third kappa shape index (κ3) is 5.75. The first-order valence-corrected chi connectivity index (χ1v) is 9.75. The van der Waals surface area contributed by atoms with Crippen molar-refractivity contribution in [1.82, 2.24) is 4.98 Å². The summed E-state index contributed by atoms with van der Waals surface area (Å²) in [6, 6.07) is 13.4. The average Bonchev–Trinajstić information content (AvgIpc) is 2.61. The summed E-state index contributed by atoms with van der Waals surface area (Å²) in [6.45, 7) is 6.08. The molecular formula is C19H23N2O3P. The molecule has 0 radical (unpaired) electrons. The number of benzene rings is 1.